The van der Waals surface area contributed by atoms with Crippen LogP contribution >= 0.6 is 26.6 Å². The maximum absolute atomic E-state index is 13.3. The number of benzene rings is 2. The Labute approximate surface area is 122 Å². The molecule has 0 heterocycles. The molecule has 0 saturated carbocycles. The Hall–Kier alpha value is -1.11. The number of hydrogen-bond donors (Lipinski definition) is 0. The van der Waals surface area contributed by atoms with E-state index < -0.39 is 14.9 Å². The van der Waals surface area contributed by atoms with Crippen LogP contribution in [0.25, 0.3) is 0 Å². The first-order valence-corrected chi connectivity index (χ1v) is 8.14. The Kier molecular flexibility index (Phi) is 4.13. The summed E-state index contributed by atoms with van der Waals surface area (Å²) in [6.45, 7) is 0. The molecule has 19 heavy (non-hydrogen) atoms. The summed E-state index contributed by atoms with van der Waals surface area (Å²) in [5.41, 5.74) is 0. The quantitative estimate of drug-likeness (QED) is 0.761. The zero-order chi connectivity index (χ0) is 14.0. The molecule has 0 amide bonds. The molecule has 7 heteroatoms. The molecular formula is C12H7BrClFO3S. The van der Waals surface area contributed by atoms with Crippen molar-refractivity contribution >= 4 is 35.7 Å². The molecule has 0 aliphatic rings. The van der Waals surface area contributed by atoms with Gasteiger partial charge in [0.15, 0.2) is 0 Å². The average molecular weight is 366 g/mol. The summed E-state index contributed by atoms with van der Waals surface area (Å²) >= 11 is 3.03. The van der Waals surface area contributed by atoms with Gasteiger partial charge in [0.05, 0.1) is 9.37 Å². The Morgan fingerprint density at radius 1 is 1.05 bits per heavy atom. The molecule has 3 nitrogen and oxygen atoms in total. The highest BCUT2D eigenvalue weighted by atomic mass is 79.9. The highest BCUT2D eigenvalue weighted by Crippen LogP contribution is 2.27. The van der Waals surface area contributed by atoms with Gasteiger partial charge in [-0.15, -0.1) is 0 Å². The van der Waals surface area contributed by atoms with E-state index in [1.54, 1.807) is 6.07 Å². The van der Waals surface area contributed by atoms with Crippen LogP contribution in [0.4, 0.5) is 4.39 Å². The van der Waals surface area contributed by atoms with E-state index in [-0.39, 0.29) is 4.90 Å². The fraction of sp³-hybridized carbons (Fsp3) is 0. The minimum atomic E-state index is -3.75. The summed E-state index contributed by atoms with van der Waals surface area (Å²) in [4.78, 5) is -0.0245. The summed E-state index contributed by atoms with van der Waals surface area (Å²) in [6, 6.07) is 9.82. The van der Waals surface area contributed by atoms with Crippen LogP contribution < -0.4 is 4.74 Å². The fourth-order valence-electron chi connectivity index (χ4n) is 1.35. The molecule has 0 aromatic heterocycles. The van der Waals surface area contributed by atoms with Gasteiger partial charge in [0.1, 0.15) is 17.3 Å². The van der Waals surface area contributed by atoms with E-state index in [1.165, 1.54) is 36.4 Å². The molecule has 0 bridgehead atoms. The summed E-state index contributed by atoms with van der Waals surface area (Å²) in [5.74, 6) is 0.241. The summed E-state index contributed by atoms with van der Waals surface area (Å²) in [6.07, 6.45) is 0. The van der Waals surface area contributed by atoms with Gasteiger partial charge in [0.2, 0.25) is 0 Å². The summed E-state index contributed by atoms with van der Waals surface area (Å²) < 4.78 is 41.1. The normalized spacial score (nSPS) is 11.3. The van der Waals surface area contributed by atoms with E-state index in [4.69, 9.17) is 15.4 Å². The van der Waals surface area contributed by atoms with Crippen molar-refractivity contribution < 1.29 is 17.5 Å². The lowest BCUT2D eigenvalue weighted by Gasteiger charge is -2.06. The van der Waals surface area contributed by atoms with Crippen molar-refractivity contribution in [3.8, 4) is 11.5 Å². The van der Waals surface area contributed by atoms with Crippen molar-refractivity contribution in [2.24, 2.45) is 0 Å². The van der Waals surface area contributed by atoms with Crippen LogP contribution in [0, 0.1) is 5.82 Å². The van der Waals surface area contributed by atoms with Crippen LogP contribution in [0.3, 0.4) is 0 Å². The molecular weight excluding hydrogens is 359 g/mol. The van der Waals surface area contributed by atoms with Crippen LogP contribution in [0.15, 0.2) is 51.8 Å². The summed E-state index contributed by atoms with van der Waals surface area (Å²) in [5, 5.41) is 0. The van der Waals surface area contributed by atoms with E-state index in [0.717, 1.165) is 0 Å². The smallest absolute Gasteiger partial charge is 0.261 e. The van der Waals surface area contributed by atoms with Gasteiger partial charge in [-0.1, -0.05) is 0 Å². The van der Waals surface area contributed by atoms with Gasteiger partial charge in [-0.05, 0) is 52.3 Å². The predicted octanol–water partition coefficient (Wildman–Crippen LogP) is 4.31. The van der Waals surface area contributed by atoms with Gasteiger partial charge < -0.3 is 4.74 Å². The van der Waals surface area contributed by atoms with Crippen LogP contribution in [-0.4, -0.2) is 8.42 Å². The van der Waals surface area contributed by atoms with Crippen molar-refractivity contribution in [2.75, 3.05) is 0 Å². The topological polar surface area (TPSA) is 43.4 Å². The largest absolute Gasteiger partial charge is 0.457 e. The first-order chi connectivity index (χ1) is 8.86. The molecule has 2 aromatic carbocycles. The standard InChI is InChI=1S/C12H7BrClFO3S/c13-11-6-3-9(7-12(11)15)18-8-1-4-10(5-2-8)19(14,16)17/h1-7H. The maximum atomic E-state index is 13.3. The van der Waals surface area contributed by atoms with E-state index in [0.29, 0.717) is 16.0 Å². The molecule has 0 unspecified atom stereocenters. The van der Waals surface area contributed by atoms with Crippen LogP contribution in [0.1, 0.15) is 0 Å². The van der Waals surface area contributed by atoms with E-state index in [9.17, 15) is 12.8 Å². The SMILES string of the molecule is O=S(=O)(Cl)c1ccc(Oc2ccc(Br)c(F)c2)cc1. The molecule has 2 rings (SSSR count). The Morgan fingerprint density at radius 2 is 1.63 bits per heavy atom. The molecule has 0 N–H and O–H groups in total. The highest BCUT2D eigenvalue weighted by molar-refractivity contribution is 9.10. The highest BCUT2D eigenvalue weighted by Gasteiger charge is 2.09. The molecule has 0 saturated heterocycles. The van der Waals surface area contributed by atoms with Gasteiger partial charge >= 0.3 is 0 Å². The van der Waals surface area contributed by atoms with E-state index >= 15 is 0 Å². The van der Waals surface area contributed by atoms with Gasteiger partial charge in [-0.3, -0.25) is 0 Å². The summed E-state index contributed by atoms with van der Waals surface area (Å²) in [7, 11) is 1.43. The third-order valence-corrected chi connectivity index (χ3v) is 4.24. The second kappa shape index (κ2) is 5.48. The zero-order valence-corrected chi connectivity index (χ0v) is 12.5. The zero-order valence-electron chi connectivity index (χ0n) is 9.31. The van der Waals surface area contributed by atoms with Crippen molar-refractivity contribution in [3.63, 3.8) is 0 Å². The lowest BCUT2D eigenvalue weighted by molar-refractivity contribution is 0.475. The third kappa shape index (κ3) is 3.68. The van der Waals surface area contributed by atoms with Crippen LogP contribution in [0.2, 0.25) is 0 Å². The fourth-order valence-corrected chi connectivity index (χ4v) is 2.36. The van der Waals surface area contributed by atoms with Crippen molar-refractivity contribution in [3.05, 3.63) is 52.8 Å². The molecule has 2 aromatic rings. The Balaban J connectivity index is 2.22. The number of ether oxygens (including phenoxy) is 1. The maximum Gasteiger partial charge on any atom is 0.261 e. The van der Waals surface area contributed by atoms with Crippen LogP contribution in [0.5, 0.6) is 11.5 Å². The molecule has 0 fully saturated rings. The second-order valence-corrected chi connectivity index (χ2v) is 7.01. The van der Waals surface area contributed by atoms with Crippen LogP contribution in [-0.2, 0) is 9.05 Å². The monoisotopic (exact) mass is 364 g/mol. The molecule has 0 aliphatic carbocycles. The predicted molar refractivity (Wildman–Crippen MR) is 73.7 cm³/mol. The van der Waals surface area contributed by atoms with Gasteiger partial charge in [0.25, 0.3) is 9.05 Å². The molecule has 100 valence electrons. The van der Waals surface area contributed by atoms with Crippen molar-refractivity contribution in [2.45, 2.75) is 4.90 Å². The first-order valence-electron chi connectivity index (χ1n) is 5.04. The van der Waals surface area contributed by atoms with E-state index in [1.807, 2.05) is 0 Å². The molecule has 0 atom stereocenters. The minimum Gasteiger partial charge on any atom is -0.457 e. The lowest BCUT2D eigenvalue weighted by atomic mass is 10.3. The average Bonchev–Trinajstić information content (AvgIpc) is 2.33. The Bertz CT molecular complexity index is 701. The van der Waals surface area contributed by atoms with Crippen molar-refractivity contribution in [1.82, 2.24) is 0 Å². The molecule has 0 radical (unpaired) electrons. The van der Waals surface area contributed by atoms with Gasteiger partial charge in [-0.2, -0.15) is 0 Å². The minimum absolute atomic E-state index is 0.0245. The number of halogens is 3. The Morgan fingerprint density at radius 3 is 2.16 bits per heavy atom. The first kappa shape index (κ1) is 14.3. The van der Waals surface area contributed by atoms with Crippen molar-refractivity contribution in [1.29, 1.82) is 0 Å². The number of rotatable bonds is 3. The van der Waals surface area contributed by atoms with E-state index in [2.05, 4.69) is 15.9 Å². The van der Waals surface area contributed by atoms with Gasteiger partial charge in [-0.25, -0.2) is 12.8 Å². The lowest BCUT2D eigenvalue weighted by Crippen LogP contribution is -1.91. The second-order valence-electron chi connectivity index (χ2n) is 3.59. The third-order valence-electron chi connectivity index (χ3n) is 2.23. The van der Waals surface area contributed by atoms with Gasteiger partial charge in [0, 0.05) is 16.7 Å². The molecule has 0 aliphatic heterocycles. The molecule has 0 spiro atoms. The number of hydrogen-bond acceptors (Lipinski definition) is 3.